The molecule has 2 aromatic rings. The van der Waals surface area contributed by atoms with E-state index in [0.717, 1.165) is 49.7 Å². The van der Waals surface area contributed by atoms with Crippen LogP contribution in [0.4, 0.5) is 11.8 Å². The van der Waals surface area contributed by atoms with Gasteiger partial charge in [0.2, 0.25) is 5.95 Å². The fraction of sp³-hybridized carbons (Fsp3) is 0.333. The van der Waals surface area contributed by atoms with Crippen molar-refractivity contribution >= 4 is 31.2 Å². The van der Waals surface area contributed by atoms with Gasteiger partial charge < -0.3 is 15.3 Å². The van der Waals surface area contributed by atoms with E-state index in [4.69, 9.17) is 9.97 Å². The second-order valence-electron chi connectivity index (χ2n) is 6.44. The first-order chi connectivity index (χ1) is 13.3. The lowest BCUT2D eigenvalue weighted by molar-refractivity contribution is 0.267. The van der Waals surface area contributed by atoms with E-state index in [9.17, 15) is 5.11 Å². The van der Waals surface area contributed by atoms with E-state index in [2.05, 4.69) is 22.9 Å². The summed E-state index contributed by atoms with van der Waals surface area (Å²) in [4.78, 5) is 11.8. The Balaban J connectivity index is 1.93. The Morgan fingerprint density at radius 2 is 2.26 bits per heavy atom. The molecule has 1 fully saturated rings. The van der Waals surface area contributed by atoms with E-state index >= 15 is 0 Å². The molecule has 2 atom stereocenters. The smallest absolute Gasteiger partial charge is 0.228 e. The molecule has 0 bridgehead atoms. The largest absolute Gasteiger partial charge is 0.394 e. The predicted molar refractivity (Wildman–Crippen MR) is 117 cm³/mol. The van der Waals surface area contributed by atoms with E-state index in [1.165, 1.54) is 0 Å². The number of rotatable bonds is 7. The minimum atomic E-state index is 0.104. The average Bonchev–Trinajstić information content (AvgIpc) is 2.73. The number of hydrogen-bond donors (Lipinski definition) is 2. The van der Waals surface area contributed by atoms with Crippen LogP contribution in [0.1, 0.15) is 6.92 Å². The number of anilines is 2. The van der Waals surface area contributed by atoms with Gasteiger partial charge in [-0.2, -0.15) is 4.98 Å². The third-order valence-electron chi connectivity index (χ3n) is 4.69. The van der Waals surface area contributed by atoms with Crippen molar-refractivity contribution in [1.29, 1.82) is 0 Å². The maximum absolute atomic E-state index is 9.76. The molecule has 1 aliphatic heterocycles. The number of para-hydroxylation sites is 1. The molecule has 3 rings (SSSR count). The molecule has 0 amide bonds. The minimum Gasteiger partial charge on any atom is -0.394 e. The highest BCUT2D eigenvalue weighted by molar-refractivity contribution is 7.38. The standard InChI is InChI=1S/C21H27N4OP/c1-3-5-8-16(4-2)13-22-20-18-9-6-7-10-19(18)23-21(24-20)25-11-12-27-15-17(25)14-26/h3-10,17,26-27H,1,11-15H2,2H3,(H,22,23,24)/b8-5-,16-4+. The number of nitrogens with zero attached hydrogens (tertiary/aromatic N) is 3. The molecular weight excluding hydrogens is 355 g/mol. The van der Waals surface area contributed by atoms with Crippen molar-refractivity contribution in [2.45, 2.75) is 13.0 Å². The van der Waals surface area contributed by atoms with Crippen LogP contribution in [0.15, 0.2) is 60.7 Å². The van der Waals surface area contributed by atoms with E-state index < -0.39 is 0 Å². The van der Waals surface area contributed by atoms with Crippen LogP contribution >= 0.6 is 8.58 Å². The number of nitrogens with one attached hydrogen (secondary N) is 1. The quantitative estimate of drug-likeness (QED) is 0.566. The van der Waals surface area contributed by atoms with Crippen LogP contribution < -0.4 is 10.2 Å². The van der Waals surface area contributed by atoms with Gasteiger partial charge in [0, 0.05) is 18.5 Å². The summed E-state index contributed by atoms with van der Waals surface area (Å²) in [5.74, 6) is 1.52. The van der Waals surface area contributed by atoms with Gasteiger partial charge in [-0.1, -0.05) is 43.0 Å². The van der Waals surface area contributed by atoms with Gasteiger partial charge in [0.15, 0.2) is 0 Å². The van der Waals surface area contributed by atoms with Crippen LogP contribution in [-0.2, 0) is 0 Å². The highest BCUT2D eigenvalue weighted by Gasteiger charge is 2.24. The second-order valence-corrected chi connectivity index (χ2v) is 7.84. The van der Waals surface area contributed by atoms with Gasteiger partial charge in [-0.15, -0.1) is 8.58 Å². The van der Waals surface area contributed by atoms with Crippen LogP contribution in [0.5, 0.6) is 0 Å². The lowest BCUT2D eigenvalue weighted by Gasteiger charge is -2.34. The fourth-order valence-electron chi connectivity index (χ4n) is 3.15. The Bertz CT molecular complexity index is 849. The highest BCUT2D eigenvalue weighted by Crippen LogP contribution is 2.28. The molecule has 0 radical (unpaired) electrons. The summed E-state index contributed by atoms with van der Waals surface area (Å²) < 4.78 is 0. The summed E-state index contributed by atoms with van der Waals surface area (Å²) in [7, 11) is 0.899. The Morgan fingerprint density at radius 3 is 3.04 bits per heavy atom. The fourth-order valence-corrected chi connectivity index (χ4v) is 4.44. The zero-order valence-electron chi connectivity index (χ0n) is 15.7. The van der Waals surface area contributed by atoms with Crippen molar-refractivity contribution in [3.05, 3.63) is 60.7 Å². The predicted octanol–water partition coefficient (Wildman–Crippen LogP) is 3.59. The number of allylic oxidation sites excluding steroid dienone is 3. The summed E-state index contributed by atoms with van der Waals surface area (Å²) in [5.41, 5.74) is 2.07. The van der Waals surface area contributed by atoms with E-state index in [0.29, 0.717) is 12.5 Å². The van der Waals surface area contributed by atoms with Gasteiger partial charge in [-0.25, -0.2) is 4.98 Å². The molecule has 27 heavy (non-hydrogen) atoms. The van der Waals surface area contributed by atoms with Crippen LogP contribution in [-0.4, -0.2) is 53.1 Å². The Hall–Kier alpha value is -2.23. The number of aromatic nitrogens is 2. The molecule has 0 saturated carbocycles. The van der Waals surface area contributed by atoms with Crippen molar-refractivity contribution in [1.82, 2.24) is 9.97 Å². The lowest BCUT2D eigenvalue weighted by atomic mass is 10.2. The van der Waals surface area contributed by atoms with Crippen molar-refractivity contribution in [3.63, 3.8) is 0 Å². The molecule has 1 aromatic carbocycles. The van der Waals surface area contributed by atoms with Gasteiger partial charge in [0.1, 0.15) is 5.82 Å². The Kier molecular flexibility index (Phi) is 6.97. The molecule has 0 spiro atoms. The zero-order chi connectivity index (χ0) is 19.1. The third-order valence-corrected chi connectivity index (χ3v) is 6.02. The summed E-state index contributed by atoms with van der Waals surface area (Å²) >= 11 is 0. The van der Waals surface area contributed by atoms with Gasteiger partial charge in [-0.05, 0) is 37.0 Å². The van der Waals surface area contributed by atoms with Crippen LogP contribution in [0.25, 0.3) is 10.9 Å². The molecule has 2 unspecified atom stereocenters. The molecular formula is C21H27N4OP. The van der Waals surface area contributed by atoms with Crippen LogP contribution in [0.3, 0.4) is 0 Å². The summed E-state index contributed by atoms with van der Waals surface area (Å²) in [6, 6.07) is 8.15. The molecule has 1 aromatic heterocycles. The number of aliphatic hydroxyl groups excluding tert-OH is 1. The van der Waals surface area contributed by atoms with Gasteiger partial charge in [0.05, 0.1) is 18.2 Å². The van der Waals surface area contributed by atoms with Crippen molar-refractivity contribution in [3.8, 4) is 0 Å². The molecule has 1 saturated heterocycles. The number of hydrogen-bond acceptors (Lipinski definition) is 5. The molecule has 6 heteroatoms. The van der Waals surface area contributed by atoms with E-state index in [1.54, 1.807) is 6.08 Å². The van der Waals surface area contributed by atoms with Crippen LogP contribution in [0, 0.1) is 0 Å². The average molecular weight is 382 g/mol. The van der Waals surface area contributed by atoms with Crippen LogP contribution in [0.2, 0.25) is 0 Å². The maximum atomic E-state index is 9.76. The number of fused-ring (bicyclic) bond motifs is 1. The summed E-state index contributed by atoms with van der Waals surface area (Å²) in [6.45, 7) is 7.45. The molecule has 0 aliphatic carbocycles. The van der Waals surface area contributed by atoms with E-state index in [-0.39, 0.29) is 12.6 Å². The Labute approximate surface area is 162 Å². The van der Waals surface area contributed by atoms with Gasteiger partial charge in [0.25, 0.3) is 0 Å². The summed E-state index contributed by atoms with van der Waals surface area (Å²) in [6.07, 6.45) is 9.95. The van der Waals surface area contributed by atoms with Crippen molar-refractivity contribution in [2.75, 3.05) is 42.2 Å². The van der Waals surface area contributed by atoms with Crippen molar-refractivity contribution in [2.24, 2.45) is 0 Å². The zero-order valence-corrected chi connectivity index (χ0v) is 16.7. The number of benzene rings is 1. The summed E-state index contributed by atoms with van der Waals surface area (Å²) in [5, 5.41) is 14.2. The first-order valence-corrected chi connectivity index (χ1v) is 10.7. The first kappa shape index (κ1) is 19.5. The topological polar surface area (TPSA) is 61.3 Å². The van der Waals surface area contributed by atoms with Gasteiger partial charge >= 0.3 is 0 Å². The first-order valence-electron chi connectivity index (χ1n) is 9.30. The SMILES string of the molecule is C=C/C=C\C(=C/C)CNc1nc(N2CCPCC2CO)nc2ccccc12. The normalized spacial score (nSPS) is 19.1. The monoisotopic (exact) mass is 382 g/mol. The maximum Gasteiger partial charge on any atom is 0.228 e. The molecule has 142 valence electrons. The van der Waals surface area contributed by atoms with Gasteiger partial charge in [-0.3, -0.25) is 0 Å². The minimum absolute atomic E-state index is 0.104. The van der Waals surface area contributed by atoms with Crippen molar-refractivity contribution < 1.29 is 5.11 Å². The van der Waals surface area contributed by atoms with E-state index in [1.807, 2.05) is 43.3 Å². The highest BCUT2D eigenvalue weighted by atomic mass is 31.1. The molecule has 2 heterocycles. The molecule has 2 N–H and O–H groups in total. The lowest BCUT2D eigenvalue weighted by Crippen LogP contribution is -2.45. The Morgan fingerprint density at radius 1 is 1.41 bits per heavy atom. The molecule has 1 aliphatic rings. The molecule has 5 nitrogen and oxygen atoms in total. The second kappa shape index (κ2) is 9.63. The third kappa shape index (κ3) is 4.74. The number of aliphatic hydroxyl groups is 1.